The number of carboxylic acids is 1. The summed E-state index contributed by atoms with van der Waals surface area (Å²) in [5.74, 6) is -1.30. The van der Waals surface area contributed by atoms with Gasteiger partial charge in [0.1, 0.15) is 0 Å². The fourth-order valence-electron chi connectivity index (χ4n) is 0.569. The topological polar surface area (TPSA) is 37.3 Å². The molecule has 0 radical (unpaired) electrons. The lowest BCUT2D eigenvalue weighted by Crippen LogP contribution is -2.35. The number of aliphatic carboxylic acids is 1. The summed E-state index contributed by atoms with van der Waals surface area (Å²) >= 11 is 16.5. The van der Waals surface area contributed by atoms with E-state index in [9.17, 15) is 4.79 Å². The lowest BCUT2D eigenvalue weighted by molar-refractivity contribution is -0.137. The van der Waals surface area contributed by atoms with E-state index in [1.807, 2.05) is 6.92 Å². The molecule has 2 nitrogen and oxygen atoms in total. The first kappa shape index (κ1) is 11.3. The van der Waals surface area contributed by atoms with Gasteiger partial charge >= 0.3 is 5.97 Å². The van der Waals surface area contributed by atoms with E-state index in [4.69, 9.17) is 39.9 Å². The molecule has 66 valence electrons. The maximum atomic E-state index is 10.4. The molecule has 1 atom stereocenters. The molecule has 0 heterocycles. The Morgan fingerprint density at radius 2 is 2.09 bits per heavy atom. The van der Waals surface area contributed by atoms with Crippen LogP contribution in [0.1, 0.15) is 19.8 Å². The van der Waals surface area contributed by atoms with Gasteiger partial charge in [-0.25, -0.2) is 4.79 Å². The molecule has 0 amide bonds. The third-order valence-corrected chi connectivity index (χ3v) is 2.84. The van der Waals surface area contributed by atoms with Gasteiger partial charge in [0.2, 0.25) is 4.33 Å². The molecule has 0 aliphatic carbocycles. The SMILES string of the molecule is CCCC(Cl)C(Cl)(Cl)C(=O)O. The van der Waals surface area contributed by atoms with Gasteiger partial charge in [-0.2, -0.15) is 0 Å². The fraction of sp³-hybridized carbons (Fsp3) is 0.833. The molecule has 0 saturated carbocycles. The van der Waals surface area contributed by atoms with Gasteiger partial charge in [0.15, 0.2) is 0 Å². The van der Waals surface area contributed by atoms with Crippen LogP contribution in [0.5, 0.6) is 0 Å². The van der Waals surface area contributed by atoms with Gasteiger partial charge in [0.05, 0.1) is 5.38 Å². The number of alkyl halides is 3. The van der Waals surface area contributed by atoms with Crippen LogP contribution in [0.3, 0.4) is 0 Å². The summed E-state index contributed by atoms with van der Waals surface area (Å²) in [6.07, 6.45) is 1.24. The predicted molar refractivity (Wildman–Crippen MR) is 46.6 cm³/mol. The predicted octanol–water partition coefficient (Wildman–Crippen LogP) is 2.65. The van der Waals surface area contributed by atoms with E-state index in [2.05, 4.69) is 0 Å². The van der Waals surface area contributed by atoms with Gasteiger partial charge in [-0.05, 0) is 6.42 Å². The molecule has 0 spiro atoms. The Bertz CT molecular complexity index is 147. The van der Waals surface area contributed by atoms with E-state index in [1.54, 1.807) is 0 Å². The van der Waals surface area contributed by atoms with Gasteiger partial charge in [-0.1, -0.05) is 36.5 Å². The van der Waals surface area contributed by atoms with Gasteiger partial charge in [0, 0.05) is 0 Å². The number of carboxylic acid groups (broad SMARTS) is 1. The molecule has 0 aliphatic rings. The molecular weight excluding hydrogens is 210 g/mol. The average Bonchev–Trinajstić information content (AvgIpc) is 1.88. The Hall–Kier alpha value is 0.340. The zero-order valence-electron chi connectivity index (χ0n) is 5.98. The van der Waals surface area contributed by atoms with Crippen LogP contribution in [0.4, 0.5) is 0 Å². The van der Waals surface area contributed by atoms with Crippen molar-refractivity contribution >= 4 is 40.8 Å². The first-order chi connectivity index (χ1) is 4.92. The summed E-state index contributed by atoms with van der Waals surface area (Å²) in [7, 11) is 0. The minimum Gasteiger partial charge on any atom is -0.479 e. The van der Waals surface area contributed by atoms with Crippen molar-refractivity contribution in [1.29, 1.82) is 0 Å². The van der Waals surface area contributed by atoms with E-state index in [-0.39, 0.29) is 0 Å². The van der Waals surface area contributed by atoms with Crippen LogP contribution < -0.4 is 0 Å². The highest BCUT2D eigenvalue weighted by molar-refractivity contribution is 6.60. The van der Waals surface area contributed by atoms with Crippen LogP contribution in [-0.2, 0) is 4.79 Å². The van der Waals surface area contributed by atoms with Crippen molar-refractivity contribution in [2.45, 2.75) is 29.5 Å². The number of hydrogen-bond acceptors (Lipinski definition) is 1. The minimum absolute atomic E-state index is 0.487. The van der Waals surface area contributed by atoms with Crippen molar-refractivity contribution in [1.82, 2.24) is 0 Å². The van der Waals surface area contributed by atoms with Gasteiger partial charge in [0.25, 0.3) is 0 Å². The smallest absolute Gasteiger partial charge is 0.341 e. The van der Waals surface area contributed by atoms with Crippen molar-refractivity contribution in [3.8, 4) is 0 Å². The van der Waals surface area contributed by atoms with Crippen molar-refractivity contribution in [3.05, 3.63) is 0 Å². The van der Waals surface area contributed by atoms with Crippen LogP contribution >= 0.6 is 34.8 Å². The molecule has 0 aromatic carbocycles. The van der Waals surface area contributed by atoms with Crippen LogP contribution in [-0.4, -0.2) is 20.8 Å². The van der Waals surface area contributed by atoms with Crippen LogP contribution in [0.25, 0.3) is 0 Å². The molecule has 0 aromatic rings. The van der Waals surface area contributed by atoms with Crippen molar-refractivity contribution in [2.75, 3.05) is 0 Å². The highest BCUT2D eigenvalue weighted by atomic mass is 35.5. The van der Waals surface area contributed by atoms with Crippen molar-refractivity contribution < 1.29 is 9.90 Å². The van der Waals surface area contributed by atoms with Crippen LogP contribution in [0.2, 0.25) is 0 Å². The standard InChI is InChI=1S/C6H9Cl3O2/c1-2-3-4(7)6(8,9)5(10)11/h4H,2-3H2,1H3,(H,10,11). The van der Waals surface area contributed by atoms with E-state index < -0.39 is 15.7 Å². The molecule has 0 saturated heterocycles. The van der Waals surface area contributed by atoms with Gasteiger partial charge in [-0.15, -0.1) is 11.6 Å². The van der Waals surface area contributed by atoms with E-state index in [0.29, 0.717) is 6.42 Å². The Morgan fingerprint density at radius 1 is 1.64 bits per heavy atom. The molecule has 1 unspecified atom stereocenters. The second-order valence-electron chi connectivity index (χ2n) is 2.18. The molecule has 5 heteroatoms. The maximum Gasteiger partial charge on any atom is 0.341 e. The zero-order chi connectivity index (χ0) is 9.07. The Morgan fingerprint density at radius 3 is 2.36 bits per heavy atom. The lowest BCUT2D eigenvalue weighted by Gasteiger charge is -2.19. The Labute approximate surface area is 80.4 Å². The van der Waals surface area contributed by atoms with E-state index in [0.717, 1.165) is 6.42 Å². The number of carbonyl (C=O) groups is 1. The third kappa shape index (κ3) is 3.06. The summed E-state index contributed by atoms with van der Waals surface area (Å²) in [6, 6.07) is 0. The number of halogens is 3. The molecule has 11 heavy (non-hydrogen) atoms. The van der Waals surface area contributed by atoms with E-state index >= 15 is 0 Å². The summed E-state index contributed by atoms with van der Waals surface area (Å²) in [5.41, 5.74) is 0. The normalized spacial score (nSPS) is 14.5. The molecular formula is C6H9Cl3O2. The lowest BCUT2D eigenvalue weighted by atomic mass is 10.2. The molecule has 0 aromatic heterocycles. The molecule has 0 fully saturated rings. The third-order valence-electron chi connectivity index (χ3n) is 1.22. The molecule has 1 N–H and O–H groups in total. The highest BCUT2D eigenvalue weighted by Gasteiger charge is 2.40. The average molecular weight is 219 g/mol. The number of hydrogen-bond donors (Lipinski definition) is 1. The van der Waals surface area contributed by atoms with Gasteiger partial charge < -0.3 is 5.11 Å². The first-order valence-electron chi connectivity index (χ1n) is 3.18. The molecule has 0 rings (SSSR count). The van der Waals surface area contributed by atoms with Gasteiger partial charge in [-0.3, -0.25) is 0 Å². The second-order valence-corrected chi connectivity index (χ2v) is 4.10. The summed E-state index contributed by atoms with van der Waals surface area (Å²) in [6.45, 7) is 1.88. The highest BCUT2D eigenvalue weighted by Crippen LogP contribution is 2.32. The summed E-state index contributed by atoms with van der Waals surface area (Å²) in [5, 5.41) is 7.75. The quantitative estimate of drug-likeness (QED) is 0.738. The largest absolute Gasteiger partial charge is 0.479 e. The van der Waals surface area contributed by atoms with Crippen LogP contribution in [0, 0.1) is 0 Å². The molecule has 0 aliphatic heterocycles. The maximum absolute atomic E-state index is 10.4. The number of rotatable bonds is 4. The van der Waals surface area contributed by atoms with E-state index in [1.165, 1.54) is 0 Å². The summed E-state index contributed by atoms with van der Waals surface area (Å²) in [4.78, 5) is 10.4. The van der Waals surface area contributed by atoms with Crippen molar-refractivity contribution in [3.63, 3.8) is 0 Å². The van der Waals surface area contributed by atoms with Crippen LogP contribution in [0.15, 0.2) is 0 Å². The summed E-state index contributed by atoms with van der Waals surface area (Å²) < 4.78 is -1.86. The second kappa shape index (κ2) is 4.39. The Balaban J connectivity index is 4.17. The fourth-order valence-corrected chi connectivity index (χ4v) is 1.10. The van der Waals surface area contributed by atoms with Crippen molar-refractivity contribution in [2.24, 2.45) is 0 Å². The molecule has 0 bridgehead atoms. The Kier molecular flexibility index (Phi) is 4.52. The zero-order valence-corrected chi connectivity index (χ0v) is 8.25. The monoisotopic (exact) mass is 218 g/mol. The first-order valence-corrected chi connectivity index (χ1v) is 4.37. The minimum atomic E-state index is -1.86.